The lowest BCUT2D eigenvalue weighted by atomic mass is 9.94. The van der Waals surface area contributed by atoms with Crippen molar-refractivity contribution in [3.63, 3.8) is 0 Å². The predicted octanol–water partition coefficient (Wildman–Crippen LogP) is 4.10. The van der Waals surface area contributed by atoms with Crippen LogP contribution >= 0.6 is 0 Å². The summed E-state index contributed by atoms with van der Waals surface area (Å²) in [7, 11) is 5.47. The SMILES string of the molecule is COc1ccccc1C1/C(=C(/O)c2ccc(OCC(C)C)cc2)C(=O)C(=O)N1CCCN(C)C. The van der Waals surface area contributed by atoms with E-state index in [9.17, 15) is 14.7 Å². The van der Waals surface area contributed by atoms with Gasteiger partial charge in [0.1, 0.15) is 17.3 Å². The number of aliphatic hydroxyl groups excluding tert-OH is 1. The Kier molecular flexibility index (Phi) is 8.34. The predicted molar refractivity (Wildman–Crippen MR) is 132 cm³/mol. The van der Waals surface area contributed by atoms with Gasteiger partial charge >= 0.3 is 0 Å². The molecule has 0 bridgehead atoms. The monoisotopic (exact) mass is 466 g/mol. The molecule has 34 heavy (non-hydrogen) atoms. The molecule has 0 aromatic heterocycles. The zero-order valence-corrected chi connectivity index (χ0v) is 20.6. The third-order valence-corrected chi connectivity index (χ3v) is 5.69. The minimum Gasteiger partial charge on any atom is -0.507 e. The fraction of sp³-hybridized carbons (Fsp3) is 0.407. The van der Waals surface area contributed by atoms with Gasteiger partial charge in [-0.2, -0.15) is 0 Å². The van der Waals surface area contributed by atoms with Gasteiger partial charge in [0.15, 0.2) is 0 Å². The number of nitrogens with zero attached hydrogens (tertiary/aromatic N) is 2. The number of rotatable bonds is 10. The van der Waals surface area contributed by atoms with Crippen LogP contribution in [0.2, 0.25) is 0 Å². The van der Waals surface area contributed by atoms with Crippen LogP contribution in [0.15, 0.2) is 54.1 Å². The Labute approximate surface area is 201 Å². The molecule has 182 valence electrons. The lowest BCUT2D eigenvalue weighted by Crippen LogP contribution is -2.32. The van der Waals surface area contributed by atoms with Crippen molar-refractivity contribution in [2.24, 2.45) is 5.92 Å². The summed E-state index contributed by atoms with van der Waals surface area (Å²) in [4.78, 5) is 29.8. The second-order valence-corrected chi connectivity index (χ2v) is 9.12. The molecule has 1 heterocycles. The van der Waals surface area contributed by atoms with Crippen molar-refractivity contribution in [2.75, 3.05) is 40.9 Å². The fourth-order valence-corrected chi connectivity index (χ4v) is 4.01. The smallest absolute Gasteiger partial charge is 0.295 e. The maximum Gasteiger partial charge on any atom is 0.295 e. The van der Waals surface area contributed by atoms with E-state index in [1.807, 2.05) is 37.2 Å². The Morgan fingerprint density at radius 3 is 2.38 bits per heavy atom. The lowest BCUT2D eigenvalue weighted by Gasteiger charge is -2.27. The summed E-state index contributed by atoms with van der Waals surface area (Å²) in [6.07, 6.45) is 0.688. The molecule has 0 radical (unpaired) electrons. The summed E-state index contributed by atoms with van der Waals surface area (Å²) in [6, 6.07) is 13.4. The standard InChI is InChI=1S/C27H34N2O5/c1-18(2)17-34-20-13-11-19(12-14-20)25(30)23-24(21-9-6-7-10-22(21)33-5)29(27(32)26(23)31)16-8-15-28(3)4/h6-7,9-14,18,24,30H,8,15-17H2,1-5H3/b25-23-. The highest BCUT2D eigenvalue weighted by Crippen LogP contribution is 2.42. The van der Waals surface area contributed by atoms with Crippen molar-refractivity contribution in [3.8, 4) is 11.5 Å². The van der Waals surface area contributed by atoms with Gasteiger partial charge in [-0.05, 0) is 63.3 Å². The van der Waals surface area contributed by atoms with E-state index >= 15 is 0 Å². The van der Waals surface area contributed by atoms with Crippen LogP contribution in [0.5, 0.6) is 11.5 Å². The summed E-state index contributed by atoms with van der Waals surface area (Å²) in [5.41, 5.74) is 1.17. The van der Waals surface area contributed by atoms with E-state index in [4.69, 9.17) is 9.47 Å². The third-order valence-electron chi connectivity index (χ3n) is 5.69. The van der Waals surface area contributed by atoms with Crippen molar-refractivity contribution in [3.05, 3.63) is 65.2 Å². The number of ether oxygens (including phenoxy) is 2. The van der Waals surface area contributed by atoms with Gasteiger partial charge in [-0.25, -0.2) is 0 Å². The number of likely N-dealkylation sites (tertiary alicyclic amines) is 1. The Morgan fingerprint density at radius 2 is 1.76 bits per heavy atom. The molecule has 1 aliphatic rings. The molecule has 1 unspecified atom stereocenters. The number of carbonyl (C=O) groups excluding carboxylic acids is 2. The van der Waals surface area contributed by atoms with Crippen LogP contribution < -0.4 is 9.47 Å². The third kappa shape index (κ3) is 5.59. The number of carbonyl (C=O) groups is 2. The molecule has 0 saturated carbocycles. The molecule has 7 heteroatoms. The van der Waals surface area contributed by atoms with Gasteiger partial charge < -0.3 is 24.4 Å². The van der Waals surface area contributed by atoms with Crippen molar-refractivity contribution in [1.29, 1.82) is 0 Å². The first-order valence-corrected chi connectivity index (χ1v) is 11.5. The van der Waals surface area contributed by atoms with Crippen molar-refractivity contribution < 1.29 is 24.2 Å². The van der Waals surface area contributed by atoms with E-state index in [1.165, 1.54) is 4.90 Å². The molecule has 1 fully saturated rings. The largest absolute Gasteiger partial charge is 0.507 e. The maximum atomic E-state index is 13.2. The summed E-state index contributed by atoms with van der Waals surface area (Å²) < 4.78 is 11.3. The van der Waals surface area contributed by atoms with Crippen molar-refractivity contribution in [1.82, 2.24) is 9.80 Å². The van der Waals surface area contributed by atoms with E-state index in [0.29, 0.717) is 48.1 Å². The quantitative estimate of drug-likeness (QED) is 0.323. The number of benzene rings is 2. The first kappa shape index (κ1) is 25.3. The molecular formula is C27H34N2O5. The van der Waals surface area contributed by atoms with Gasteiger partial charge in [0.05, 0.1) is 25.3 Å². The van der Waals surface area contributed by atoms with E-state index < -0.39 is 17.7 Å². The Balaban J connectivity index is 2.04. The molecule has 2 aromatic carbocycles. The zero-order chi connectivity index (χ0) is 24.8. The number of hydrogen-bond donors (Lipinski definition) is 1. The summed E-state index contributed by atoms with van der Waals surface area (Å²) in [5, 5.41) is 11.2. The van der Waals surface area contributed by atoms with Gasteiger partial charge in [-0.1, -0.05) is 32.0 Å². The Hall–Kier alpha value is -3.32. The average Bonchev–Trinajstić information content (AvgIpc) is 3.07. The molecule has 1 atom stereocenters. The van der Waals surface area contributed by atoms with Crippen molar-refractivity contribution >= 4 is 17.4 Å². The number of ketones is 1. The molecule has 1 aliphatic heterocycles. The Morgan fingerprint density at radius 1 is 1.09 bits per heavy atom. The molecule has 1 saturated heterocycles. The summed E-state index contributed by atoms with van der Waals surface area (Å²) in [6.45, 7) is 5.85. The van der Waals surface area contributed by atoms with Gasteiger partial charge in [0.25, 0.3) is 11.7 Å². The molecule has 1 N–H and O–H groups in total. The molecule has 2 aromatic rings. The normalized spacial score (nSPS) is 17.6. The number of hydrogen-bond acceptors (Lipinski definition) is 6. The van der Waals surface area contributed by atoms with Gasteiger partial charge in [0, 0.05) is 17.7 Å². The molecular weight excluding hydrogens is 432 g/mol. The van der Waals surface area contributed by atoms with Gasteiger partial charge in [-0.3, -0.25) is 9.59 Å². The lowest BCUT2D eigenvalue weighted by molar-refractivity contribution is -0.140. The van der Waals surface area contributed by atoms with Crippen molar-refractivity contribution in [2.45, 2.75) is 26.3 Å². The number of Topliss-reactive ketones (excluding diaryl/α,β-unsaturated/α-hetero) is 1. The molecule has 0 spiro atoms. The molecule has 3 rings (SSSR count). The first-order valence-electron chi connectivity index (χ1n) is 11.5. The number of aliphatic hydroxyl groups is 1. The number of para-hydroxylation sites is 1. The summed E-state index contributed by atoms with van der Waals surface area (Å²) >= 11 is 0. The fourth-order valence-electron chi connectivity index (χ4n) is 4.01. The van der Waals surface area contributed by atoms with Crippen LogP contribution in [-0.2, 0) is 9.59 Å². The average molecular weight is 467 g/mol. The van der Waals surface area contributed by atoms with Crippen LogP contribution in [-0.4, -0.2) is 67.5 Å². The highest BCUT2D eigenvalue weighted by atomic mass is 16.5. The number of amides is 1. The van der Waals surface area contributed by atoms with E-state index in [1.54, 1.807) is 37.4 Å². The molecule has 0 aliphatic carbocycles. The zero-order valence-electron chi connectivity index (χ0n) is 20.6. The summed E-state index contributed by atoms with van der Waals surface area (Å²) in [5.74, 6) is 0.0923. The van der Waals surface area contributed by atoms with Crippen LogP contribution in [0.4, 0.5) is 0 Å². The highest BCUT2D eigenvalue weighted by molar-refractivity contribution is 6.46. The minimum atomic E-state index is -0.741. The van der Waals surface area contributed by atoms with E-state index in [2.05, 4.69) is 13.8 Å². The van der Waals surface area contributed by atoms with Crippen LogP contribution in [0.25, 0.3) is 5.76 Å². The van der Waals surface area contributed by atoms with E-state index in [-0.39, 0.29) is 11.3 Å². The second kappa shape index (κ2) is 11.2. The maximum absolute atomic E-state index is 13.2. The highest BCUT2D eigenvalue weighted by Gasteiger charge is 2.46. The second-order valence-electron chi connectivity index (χ2n) is 9.12. The van der Waals surface area contributed by atoms with Gasteiger partial charge in [-0.15, -0.1) is 0 Å². The van der Waals surface area contributed by atoms with Gasteiger partial charge in [0.2, 0.25) is 0 Å². The molecule has 1 amide bonds. The van der Waals surface area contributed by atoms with Crippen LogP contribution in [0.3, 0.4) is 0 Å². The van der Waals surface area contributed by atoms with E-state index in [0.717, 1.165) is 6.54 Å². The Bertz CT molecular complexity index is 1040. The van der Waals surface area contributed by atoms with Crippen LogP contribution in [0, 0.1) is 5.92 Å². The topological polar surface area (TPSA) is 79.3 Å². The van der Waals surface area contributed by atoms with Crippen LogP contribution in [0.1, 0.15) is 37.4 Å². The first-order chi connectivity index (χ1) is 16.2. The minimum absolute atomic E-state index is 0.0650. The molecule has 7 nitrogen and oxygen atoms in total. The number of methoxy groups -OCH3 is 1.